The maximum absolute atomic E-state index is 13.5. The Morgan fingerprint density at radius 2 is 2.00 bits per heavy atom. The molecule has 0 radical (unpaired) electrons. The summed E-state index contributed by atoms with van der Waals surface area (Å²) < 4.78 is 33.6. The largest absolute Gasteiger partial charge is 0.495 e. The van der Waals surface area contributed by atoms with Crippen molar-refractivity contribution >= 4 is 20.9 Å². The van der Waals surface area contributed by atoms with Gasteiger partial charge in [0.05, 0.1) is 12.6 Å². The van der Waals surface area contributed by atoms with Gasteiger partial charge in [-0.05, 0) is 87.0 Å². The van der Waals surface area contributed by atoms with Crippen molar-refractivity contribution in [2.75, 3.05) is 20.2 Å². The lowest BCUT2D eigenvalue weighted by molar-refractivity contribution is 0.402. The minimum atomic E-state index is -3.76. The van der Waals surface area contributed by atoms with Gasteiger partial charge in [-0.15, -0.1) is 0 Å². The van der Waals surface area contributed by atoms with E-state index in [9.17, 15) is 8.42 Å². The summed E-state index contributed by atoms with van der Waals surface area (Å²) in [5, 5.41) is 4.48. The van der Waals surface area contributed by atoms with Gasteiger partial charge in [0.25, 0.3) is 10.0 Å². The Kier molecular flexibility index (Phi) is 5.65. The van der Waals surface area contributed by atoms with Crippen molar-refractivity contribution in [1.29, 1.82) is 0 Å². The first-order valence-corrected chi connectivity index (χ1v) is 11.6. The van der Waals surface area contributed by atoms with Gasteiger partial charge in [-0.3, -0.25) is 0 Å². The first-order chi connectivity index (χ1) is 14.0. The predicted molar refractivity (Wildman–Crippen MR) is 116 cm³/mol. The minimum Gasteiger partial charge on any atom is -0.495 e. The molecule has 1 unspecified atom stereocenters. The monoisotopic (exact) mass is 412 g/mol. The second-order valence-corrected chi connectivity index (χ2v) is 9.66. The zero-order valence-electron chi connectivity index (χ0n) is 17.0. The summed E-state index contributed by atoms with van der Waals surface area (Å²) in [6.45, 7) is 4.03. The summed E-state index contributed by atoms with van der Waals surface area (Å²) in [4.78, 5) is 0.192. The van der Waals surface area contributed by atoms with Crippen LogP contribution in [0.4, 0.5) is 0 Å². The highest BCUT2D eigenvalue weighted by molar-refractivity contribution is 7.90. The SMILES string of the molecule is COc1ccc(C)cc1S(=O)(=O)n1ccc2c(CC3CCCNCC3)cccc21. The van der Waals surface area contributed by atoms with E-state index in [-0.39, 0.29) is 4.90 Å². The van der Waals surface area contributed by atoms with Crippen LogP contribution in [-0.4, -0.2) is 32.6 Å². The molecule has 0 saturated carbocycles. The molecular formula is C23H28N2O3S. The lowest BCUT2D eigenvalue weighted by Crippen LogP contribution is -2.14. The van der Waals surface area contributed by atoms with Gasteiger partial charge >= 0.3 is 0 Å². The second-order valence-electron chi connectivity index (χ2n) is 7.87. The molecule has 3 aromatic rings. The molecule has 0 amide bonds. The highest BCUT2D eigenvalue weighted by Crippen LogP contribution is 2.31. The van der Waals surface area contributed by atoms with Gasteiger partial charge in [0, 0.05) is 11.6 Å². The van der Waals surface area contributed by atoms with Crippen LogP contribution in [0.25, 0.3) is 10.9 Å². The first kappa shape index (κ1) is 20.0. The average molecular weight is 413 g/mol. The molecule has 1 aliphatic rings. The molecule has 1 aromatic heterocycles. The van der Waals surface area contributed by atoms with E-state index in [1.807, 2.05) is 31.2 Å². The third-order valence-electron chi connectivity index (χ3n) is 5.85. The third kappa shape index (κ3) is 3.91. The standard InChI is InChI=1S/C23H28N2O3S/c1-17-8-9-22(28-2)23(15-17)29(26,27)25-14-11-20-19(6-3-7-21(20)25)16-18-5-4-12-24-13-10-18/h3,6-9,11,14-15,18,24H,4-5,10,12-13,16H2,1-2H3. The number of nitrogens with zero attached hydrogens (tertiary/aromatic N) is 1. The van der Waals surface area contributed by atoms with Crippen LogP contribution in [0.1, 0.15) is 30.4 Å². The van der Waals surface area contributed by atoms with Crippen molar-refractivity contribution < 1.29 is 13.2 Å². The number of hydrogen-bond acceptors (Lipinski definition) is 4. The molecule has 0 spiro atoms. The number of fused-ring (bicyclic) bond motifs is 1. The minimum absolute atomic E-state index is 0.192. The molecule has 29 heavy (non-hydrogen) atoms. The van der Waals surface area contributed by atoms with E-state index in [2.05, 4.69) is 11.4 Å². The Morgan fingerprint density at radius 3 is 2.83 bits per heavy atom. The number of rotatable bonds is 5. The summed E-state index contributed by atoms with van der Waals surface area (Å²) >= 11 is 0. The van der Waals surface area contributed by atoms with Crippen LogP contribution in [0.3, 0.4) is 0 Å². The number of benzene rings is 2. The molecule has 1 aliphatic heterocycles. The molecule has 4 rings (SSSR count). The molecule has 1 saturated heterocycles. The summed E-state index contributed by atoms with van der Waals surface area (Å²) in [6, 6.07) is 13.1. The van der Waals surface area contributed by atoms with E-state index in [1.165, 1.54) is 29.5 Å². The fourth-order valence-electron chi connectivity index (χ4n) is 4.29. The van der Waals surface area contributed by atoms with E-state index in [1.54, 1.807) is 18.3 Å². The molecule has 154 valence electrons. The average Bonchev–Trinajstić information content (AvgIpc) is 3.00. The number of ether oxygens (including phenoxy) is 1. The predicted octanol–water partition coefficient (Wildman–Crippen LogP) is 4.13. The summed E-state index contributed by atoms with van der Waals surface area (Å²) in [5.41, 5.74) is 2.82. The summed E-state index contributed by atoms with van der Waals surface area (Å²) in [7, 11) is -2.26. The molecule has 2 aromatic carbocycles. The number of methoxy groups -OCH3 is 1. The van der Waals surface area contributed by atoms with E-state index >= 15 is 0 Å². The van der Waals surface area contributed by atoms with Crippen molar-refractivity contribution in [2.24, 2.45) is 5.92 Å². The fourth-order valence-corrected chi connectivity index (χ4v) is 5.88. The van der Waals surface area contributed by atoms with Crippen LogP contribution < -0.4 is 10.1 Å². The quantitative estimate of drug-likeness (QED) is 0.685. The number of hydrogen-bond donors (Lipinski definition) is 1. The highest BCUT2D eigenvalue weighted by Gasteiger charge is 2.24. The Bertz CT molecular complexity index is 1110. The van der Waals surface area contributed by atoms with Crippen LogP contribution in [0.5, 0.6) is 5.75 Å². The van der Waals surface area contributed by atoms with Crippen LogP contribution in [-0.2, 0) is 16.4 Å². The Balaban J connectivity index is 1.75. The molecule has 1 fully saturated rings. The van der Waals surface area contributed by atoms with Gasteiger partial charge in [-0.1, -0.05) is 18.2 Å². The Hall–Kier alpha value is -2.31. The summed E-state index contributed by atoms with van der Waals surface area (Å²) in [5.74, 6) is 0.993. The first-order valence-electron chi connectivity index (χ1n) is 10.2. The van der Waals surface area contributed by atoms with Crippen LogP contribution in [0.2, 0.25) is 0 Å². The number of aromatic nitrogens is 1. The normalized spacial score (nSPS) is 17.9. The molecule has 6 heteroatoms. The van der Waals surface area contributed by atoms with Gasteiger partial charge in [-0.2, -0.15) is 0 Å². The van der Waals surface area contributed by atoms with Crippen molar-refractivity contribution in [2.45, 2.75) is 37.5 Å². The maximum atomic E-state index is 13.5. The van der Waals surface area contributed by atoms with Crippen molar-refractivity contribution in [1.82, 2.24) is 9.29 Å². The lowest BCUT2D eigenvalue weighted by atomic mass is 9.91. The van der Waals surface area contributed by atoms with E-state index in [0.717, 1.165) is 42.4 Å². The number of nitrogens with one attached hydrogen (secondary N) is 1. The Morgan fingerprint density at radius 1 is 1.14 bits per heavy atom. The molecule has 0 bridgehead atoms. The third-order valence-corrected chi connectivity index (χ3v) is 7.56. The van der Waals surface area contributed by atoms with Gasteiger partial charge in [0.1, 0.15) is 10.6 Å². The van der Waals surface area contributed by atoms with Crippen molar-refractivity contribution in [3.8, 4) is 5.75 Å². The molecule has 0 aliphatic carbocycles. The summed E-state index contributed by atoms with van der Waals surface area (Å²) in [6.07, 6.45) is 6.22. The maximum Gasteiger partial charge on any atom is 0.271 e. The highest BCUT2D eigenvalue weighted by atomic mass is 32.2. The van der Waals surface area contributed by atoms with Crippen molar-refractivity contribution in [3.63, 3.8) is 0 Å². The topological polar surface area (TPSA) is 60.3 Å². The molecule has 2 heterocycles. The van der Waals surface area contributed by atoms with E-state index in [0.29, 0.717) is 11.7 Å². The van der Waals surface area contributed by atoms with Crippen LogP contribution in [0, 0.1) is 12.8 Å². The molecule has 5 nitrogen and oxygen atoms in total. The molecular weight excluding hydrogens is 384 g/mol. The van der Waals surface area contributed by atoms with Crippen LogP contribution >= 0.6 is 0 Å². The van der Waals surface area contributed by atoms with Gasteiger partial charge in [0.15, 0.2) is 0 Å². The second kappa shape index (κ2) is 8.20. The van der Waals surface area contributed by atoms with Crippen molar-refractivity contribution in [3.05, 3.63) is 59.8 Å². The van der Waals surface area contributed by atoms with Gasteiger partial charge in [-0.25, -0.2) is 12.4 Å². The Labute approximate surface area is 172 Å². The number of aryl methyl sites for hydroxylation is 1. The van der Waals surface area contributed by atoms with Gasteiger partial charge < -0.3 is 10.1 Å². The van der Waals surface area contributed by atoms with Crippen LogP contribution in [0.15, 0.2) is 53.6 Å². The van der Waals surface area contributed by atoms with E-state index < -0.39 is 10.0 Å². The zero-order chi connectivity index (χ0) is 20.4. The fraction of sp³-hybridized carbons (Fsp3) is 0.391. The molecule has 1 atom stereocenters. The zero-order valence-corrected chi connectivity index (χ0v) is 17.8. The van der Waals surface area contributed by atoms with Gasteiger partial charge in [0.2, 0.25) is 0 Å². The van der Waals surface area contributed by atoms with E-state index in [4.69, 9.17) is 4.74 Å². The smallest absolute Gasteiger partial charge is 0.271 e. The lowest BCUT2D eigenvalue weighted by Gasteiger charge is -2.15. The molecule has 1 N–H and O–H groups in total.